The highest BCUT2D eigenvalue weighted by Gasteiger charge is 2.59. The van der Waals surface area contributed by atoms with E-state index in [9.17, 15) is 90.7 Å². The average Bonchev–Trinajstić information content (AvgIpc) is 0.769. The number of carbonyl (C=O) groups excluding carboxylic acids is 3. The molecule has 29 nitrogen and oxygen atoms in total. The number of carboxylic acid groups (broad SMARTS) is 1. The zero-order valence-corrected chi connectivity index (χ0v) is 57.8. The maximum Gasteiger partial charge on any atom is 0.338 e. The molecule has 3 amide bonds. The van der Waals surface area contributed by atoms with Crippen molar-refractivity contribution in [2.45, 2.75) is 354 Å². The second kappa shape index (κ2) is 47.1. The van der Waals surface area contributed by atoms with Crippen molar-refractivity contribution in [1.29, 1.82) is 0 Å². The monoisotopic (exact) mass is 1400 g/mol. The SMILES string of the molecule is CCCCCCCCCCCCC/C=C\[C@H](O)[C@@H](CO[C@@H]1O[C@@H](CO)[C@H](O[C@H]2O[C@@H](CO)[C@@H](O[C@H]3O[C@@H](CO)[C@@H](O)[C@@H](O)[C@@H]3NC(C)=O)[C@@H](OC[C@]3(C(=O)O)C[C@H](O)[C@H](NC(C)=O)[C@@H]([C@@H](O)[C@@H](O)CO)O3)[C@@H]2O)[C@@H](O)[C@@H]1O)NC(=O)CCCCCCCCCCCCCCCCC. The van der Waals surface area contributed by atoms with Crippen LogP contribution >= 0.6 is 0 Å². The molecule has 0 radical (unpaired) electrons. The van der Waals surface area contributed by atoms with Gasteiger partial charge in [0, 0.05) is 26.7 Å². The molecule has 4 aliphatic heterocycles. The Bertz CT molecular complexity index is 2190. The molecule has 4 aliphatic rings. The van der Waals surface area contributed by atoms with E-state index in [0.717, 1.165) is 65.2 Å². The Morgan fingerprint density at radius 1 is 0.536 bits per heavy atom. The second-order valence-corrected chi connectivity index (χ2v) is 26.9. The minimum atomic E-state index is -2.77. The van der Waals surface area contributed by atoms with Gasteiger partial charge in [-0.25, -0.2) is 4.79 Å². The summed E-state index contributed by atoms with van der Waals surface area (Å²) in [4.78, 5) is 51.6. The first kappa shape index (κ1) is 86.2. The molecule has 0 saturated carbocycles. The van der Waals surface area contributed by atoms with Crippen LogP contribution in [0.2, 0.25) is 0 Å². The van der Waals surface area contributed by atoms with Gasteiger partial charge in [0.25, 0.3) is 0 Å². The van der Waals surface area contributed by atoms with Crippen molar-refractivity contribution in [3.8, 4) is 0 Å². The molecule has 4 heterocycles. The van der Waals surface area contributed by atoms with Gasteiger partial charge in [-0.05, 0) is 19.3 Å². The number of hydrogen-bond donors (Lipinski definition) is 17. The van der Waals surface area contributed by atoms with E-state index in [4.69, 9.17) is 37.9 Å². The van der Waals surface area contributed by atoms with Crippen molar-refractivity contribution in [3.05, 3.63) is 12.2 Å². The lowest BCUT2D eigenvalue weighted by Gasteiger charge is -2.50. The number of amides is 3. The van der Waals surface area contributed by atoms with E-state index in [1.165, 1.54) is 109 Å². The molecule has 17 N–H and O–H groups in total. The lowest BCUT2D eigenvalue weighted by Crippen LogP contribution is -2.70. The van der Waals surface area contributed by atoms with E-state index in [1.807, 2.05) is 6.08 Å². The smallest absolute Gasteiger partial charge is 0.338 e. The van der Waals surface area contributed by atoms with E-state index in [2.05, 4.69) is 29.8 Å². The van der Waals surface area contributed by atoms with Crippen molar-refractivity contribution < 1.29 is 129 Å². The number of aliphatic hydroxyl groups is 13. The molecule has 4 saturated heterocycles. The van der Waals surface area contributed by atoms with Crippen LogP contribution in [0.15, 0.2) is 12.2 Å². The summed E-state index contributed by atoms with van der Waals surface area (Å²) in [6, 6.07) is -4.34. The molecule has 23 atom stereocenters. The largest absolute Gasteiger partial charge is 0.479 e. The van der Waals surface area contributed by atoms with E-state index in [-0.39, 0.29) is 12.3 Å². The molecule has 0 aromatic heterocycles. The average molecular weight is 1400 g/mol. The van der Waals surface area contributed by atoms with Gasteiger partial charge in [-0.1, -0.05) is 180 Å². The van der Waals surface area contributed by atoms with E-state index < -0.39 is 204 Å². The van der Waals surface area contributed by atoms with Crippen LogP contribution in [0.5, 0.6) is 0 Å². The normalized spacial score (nSPS) is 32.1. The first-order valence-corrected chi connectivity index (χ1v) is 36.0. The molecule has 566 valence electrons. The zero-order chi connectivity index (χ0) is 71.5. The van der Waals surface area contributed by atoms with Crippen molar-refractivity contribution in [1.82, 2.24) is 16.0 Å². The Morgan fingerprint density at radius 2 is 1.01 bits per heavy atom. The summed E-state index contributed by atoms with van der Waals surface area (Å²) in [7, 11) is 0. The molecule has 0 aromatic carbocycles. The molecule has 0 bridgehead atoms. The Hall–Kier alpha value is -3.22. The van der Waals surface area contributed by atoms with Crippen LogP contribution in [0.25, 0.3) is 0 Å². The third-order valence-electron chi connectivity index (χ3n) is 18.8. The molecule has 0 unspecified atom stereocenters. The fraction of sp³-hybridized carbons (Fsp3) is 0.912. The summed E-state index contributed by atoms with van der Waals surface area (Å²) >= 11 is 0. The van der Waals surface area contributed by atoms with Crippen LogP contribution < -0.4 is 16.0 Å². The molecular formula is C68H123N3O26. The number of unbranched alkanes of at least 4 members (excludes halogenated alkanes) is 25. The number of carbonyl (C=O) groups is 4. The first-order chi connectivity index (χ1) is 46.5. The number of carboxylic acids is 1. The van der Waals surface area contributed by atoms with Crippen LogP contribution in [0.3, 0.4) is 0 Å². The lowest BCUT2D eigenvalue weighted by atomic mass is 9.83. The van der Waals surface area contributed by atoms with E-state index >= 15 is 0 Å². The number of aliphatic hydroxyl groups excluding tert-OH is 13. The summed E-state index contributed by atoms with van der Waals surface area (Å²) in [5, 5.41) is 162. The van der Waals surface area contributed by atoms with Gasteiger partial charge in [-0.15, -0.1) is 0 Å². The third kappa shape index (κ3) is 28.5. The summed E-state index contributed by atoms with van der Waals surface area (Å²) in [6.45, 7) is 0.760. The van der Waals surface area contributed by atoms with Gasteiger partial charge in [-0.3, -0.25) is 14.4 Å². The Kier molecular flexibility index (Phi) is 41.9. The number of hydrogen-bond acceptors (Lipinski definition) is 25. The predicted octanol–water partition coefficient (Wildman–Crippen LogP) is 1.18. The van der Waals surface area contributed by atoms with Gasteiger partial charge in [0.2, 0.25) is 17.7 Å². The molecule has 0 aromatic rings. The number of allylic oxidation sites excluding steroid dienone is 1. The van der Waals surface area contributed by atoms with Gasteiger partial charge in [0.15, 0.2) is 24.5 Å². The van der Waals surface area contributed by atoms with Crippen molar-refractivity contribution >= 4 is 23.7 Å². The zero-order valence-electron chi connectivity index (χ0n) is 57.8. The van der Waals surface area contributed by atoms with Crippen LogP contribution in [0, 0.1) is 0 Å². The fourth-order valence-corrected chi connectivity index (χ4v) is 13.0. The van der Waals surface area contributed by atoms with Crippen molar-refractivity contribution in [3.63, 3.8) is 0 Å². The summed E-state index contributed by atoms with van der Waals surface area (Å²) in [5.41, 5.74) is -2.77. The maximum atomic E-state index is 13.5. The minimum Gasteiger partial charge on any atom is -0.479 e. The Morgan fingerprint density at radius 3 is 1.52 bits per heavy atom. The molecule has 97 heavy (non-hydrogen) atoms. The number of ether oxygens (including phenoxy) is 8. The predicted molar refractivity (Wildman–Crippen MR) is 351 cm³/mol. The second-order valence-electron chi connectivity index (χ2n) is 26.9. The highest BCUT2D eigenvalue weighted by atomic mass is 16.8. The van der Waals surface area contributed by atoms with Gasteiger partial charge in [0.1, 0.15) is 91.5 Å². The molecule has 0 aliphatic carbocycles. The first-order valence-electron chi connectivity index (χ1n) is 36.0. The number of nitrogens with one attached hydrogen (secondary N) is 3. The quantitative estimate of drug-likeness (QED) is 0.0300. The van der Waals surface area contributed by atoms with Crippen LogP contribution in [0.4, 0.5) is 0 Å². The summed E-state index contributed by atoms with van der Waals surface area (Å²) in [6.07, 6.45) is -2.53. The Balaban J connectivity index is 1.53. The molecule has 4 rings (SSSR count). The fourth-order valence-electron chi connectivity index (χ4n) is 13.0. The van der Waals surface area contributed by atoms with Crippen molar-refractivity contribution in [2.24, 2.45) is 0 Å². The molecular weight excluding hydrogens is 1270 g/mol. The number of aliphatic carboxylic acids is 1. The van der Waals surface area contributed by atoms with Gasteiger partial charge < -0.3 is 125 Å². The molecule has 29 heteroatoms. The van der Waals surface area contributed by atoms with Crippen LogP contribution in [-0.2, 0) is 57.1 Å². The van der Waals surface area contributed by atoms with Gasteiger partial charge in [0.05, 0.1) is 63.9 Å². The summed E-state index contributed by atoms with van der Waals surface area (Å²) < 4.78 is 48.1. The van der Waals surface area contributed by atoms with Crippen LogP contribution in [0.1, 0.15) is 214 Å². The van der Waals surface area contributed by atoms with Crippen LogP contribution in [-0.4, -0.2) is 275 Å². The maximum absolute atomic E-state index is 13.5. The van der Waals surface area contributed by atoms with E-state index in [0.29, 0.717) is 12.8 Å². The van der Waals surface area contributed by atoms with E-state index in [1.54, 1.807) is 6.08 Å². The highest BCUT2D eigenvalue weighted by molar-refractivity contribution is 5.78. The number of rotatable bonds is 50. The topological polar surface area (TPSA) is 461 Å². The molecule has 0 spiro atoms. The lowest BCUT2D eigenvalue weighted by molar-refractivity contribution is -0.379. The molecule has 4 fully saturated rings. The Labute approximate surface area is 572 Å². The van der Waals surface area contributed by atoms with Gasteiger partial charge in [-0.2, -0.15) is 0 Å². The third-order valence-corrected chi connectivity index (χ3v) is 18.8. The van der Waals surface area contributed by atoms with Gasteiger partial charge >= 0.3 is 5.97 Å². The van der Waals surface area contributed by atoms with Crippen molar-refractivity contribution in [2.75, 3.05) is 39.6 Å². The summed E-state index contributed by atoms with van der Waals surface area (Å²) in [5.74, 6) is -3.78. The minimum absolute atomic E-state index is 0.171. The highest BCUT2D eigenvalue weighted by Crippen LogP contribution is 2.38. The standard InChI is InChI=1S/C68H123N3O26/c1-5-7-9-11-13-15-17-19-20-22-24-26-28-30-32-34-51(81)71-44(45(78)33-31-29-27-25-23-21-18-16-14-12-10-8-6-2)40-90-65-58(86)57(85)60(49(38-74)93-65)95-66-59(87)63(61(50(39-75)94-66)96-64-53(70-43(4)77)56(84)55(83)48(37-73)92-64)91-41-68(67(88)89)35-46(79)52(69-42(3)76)62(97-68)54(82)47(80)36-72/h31,33,44-50,52-66,72-75,78-80,82-87H,5-30,32,34-41H2,1-4H3,(H,69,76)(H,70,77)(H,71,81)(H,88,89)/b33-31-/t44-,45+,46+,47+,48+,49+,50+,52+,53+,54+,55-,56+,57+,58+,59+,60+,61-,62+,63+,64-,65-,66-,68+/m1/s1.